The monoisotopic (exact) mass is 309 g/mol. The van der Waals surface area contributed by atoms with Crippen LogP contribution in [0.5, 0.6) is 0 Å². The summed E-state index contributed by atoms with van der Waals surface area (Å²) in [6, 6.07) is 3.64. The van der Waals surface area contributed by atoms with Gasteiger partial charge in [-0.1, -0.05) is 11.6 Å². The Morgan fingerprint density at radius 1 is 1.56 bits per heavy atom. The summed E-state index contributed by atoms with van der Waals surface area (Å²) in [6.45, 7) is 2.69. The van der Waals surface area contributed by atoms with Crippen molar-refractivity contribution in [2.75, 3.05) is 13.7 Å². The Morgan fingerprint density at radius 3 is 2.78 bits per heavy atom. The molecule has 1 aliphatic rings. The zero-order chi connectivity index (χ0) is 13.3. The van der Waals surface area contributed by atoms with Crippen LogP contribution in [-0.2, 0) is 21.3 Å². The van der Waals surface area contributed by atoms with E-state index in [0.29, 0.717) is 23.9 Å². The first kappa shape index (κ1) is 14.3. The van der Waals surface area contributed by atoms with Gasteiger partial charge < -0.3 is 4.74 Å². The molecule has 0 radical (unpaired) electrons. The smallest absolute Gasteiger partial charge is 0.219 e. The average molecular weight is 310 g/mol. The van der Waals surface area contributed by atoms with E-state index < -0.39 is 15.3 Å². The van der Waals surface area contributed by atoms with Crippen molar-refractivity contribution in [1.29, 1.82) is 0 Å². The fourth-order valence-corrected chi connectivity index (χ4v) is 5.04. The van der Waals surface area contributed by atoms with Gasteiger partial charge in [0, 0.05) is 25.1 Å². The van der Waals surface area contributed by atoms with Crippen LogP contribution in [0.15, 0.2) is 12.1 Å². The van der Waals surface area contributed by atoms with Crippen LogP contribution < -0.4 is 0 Å². The molecule has 1 fully saturated rings. The van der Waals surface area contributed by atoms with Gasteiger partial charge in [0.2, 0.25) is 10.0 Å². The number of nitrogens with zero attached hydrogens (tertiary/aromatic N) is 1. The predicted molar refractivity (Wildman–Crippen MR) is 73.5 cm³/mol. The lowest BCUT2D eigenvalue weighted by Gasteiger charge is -2.22. The van der Waals surface area contributed by atoms with Gasteiger partial charge in [0.1, 0.15) is 5.25 Å². The predicted octanol–water partition coefficient (Wildman–Crippen LogP) is 2.34. The third-order valence-corrected chi connectivity index (χ3v) is 6.73. The van der Waals surface area contributed by atoms with Crippen LogP contribution in [0.1, 0.15) is 18.2 Å². The van der Waals surface area contributed by atoms with Crippen LogP contribution in [0.4, 0.5) is 0 Å². The molecule has 0 saturated carbocycles. The molecular weight excluding hydrogens is 294 g/mol. The Morgan fingerprint density at radius 2 is 2.28 bits per heavy atom. The number of rotatable bonds is 4. The van der Waals surface area contributed by atoms with Crippen molar-refractivity contribution in [2.24, 2.45) is 0 Å². The summed E-state index contributed by atoms with van der Waals surface area (Å²) in [4.78, 5) is 0.942. The Balaban J connectivity index is 2.10. The summed E-state index contributed by atoms with van der Waals surface area (Å²) in [5.41, 5.74) is 0. The highest BCUT2D eigenvalue weighted by Crippen LogP contribution is 2.27. The standard InChI is InChI=1S/C11H16ClNO3S2/c1-8-10(5-6-16-8)18(14,15)13(2)7-9-3-4-11(12)17-9/h3-4,8,10H,5-7H2,1-2H3/t8-,10-/m0/s1. The lowest BCUT2D eigenvalue weighted by molar-refractivity contribution is 0.125. The highest BCUT2D eigenvalue weighted by Gasteiger charge is 2.38. The fraction of sp³-hybridized carbons (Fsp3) is 0.636. The lowest BCUT2D eigenvalue weighted by Crippen LogP contribution is -2.39. The van der Waals surface area contributed by atoms with E-state index in [1.165, 1.54) is 15.6 Å². The highest BCUT2D eigenvalue weighted by molar-refractivity contribution is 7.89. The molecule has 0 aromatic carbocycles. The van der Waals surface area contributed by atoms with Crippen molar-refractivity contribution >= 4 is 33.0 Å². The SMILES string of the molecule is C[C@@H]1OCC[C@@H]1S(=O)(=O)N(C)Cc1ccc(Cl)s1. The molecule has 2 heterocycles. The number of thiophene rings is 1. The minimum Gasteiger partial charge on any atom is -0.377 e. The number of hydrogen-bond acceptors (Lipinski definition) is 4. The maximum absolute atomic E-state index is 12.4. The largest absolute Gasteiger partial charge is 0.377 e. The highest BCUT2D eigenvalue weighted by atomic mass is 35.5. The second kappa shape index (κ2) is 5.46. The van der Waals surface area contributed by atoms with Crippen molar-refractivity contribution in [3.05, 3.63) is 21.3 Å². The van der Waals surface area contributed by atoms with Crippen molar-refractivity contribution < 1.29 is 13.2 Å². The van der Waals surface area contributed by atoms with Crippen molar-refractivity contribution in [2.45, 2.75) is 31.2 Å². The van der Waals surface area contributed by atoms with Gasteiger partial charge in [0.25, 0.3) is 0 Å². The molecule has 0 aliphatic carbocycles. The molecule has 0 bridgehead atoms. The Hall–Kier alpha value is -0.140. The molecule has 0 spiro atoms. The van der Waals surface area contributed by atoms with Crippen molar-refractivity contribution in [1.82, 2.24) is 4.31 Å². The maximum atomic E-state index is 12.4. The van der Waals surface area contributed by atoms with E-state index in [1.807, 2.05) is 13.0 Å². The van der Waals surface area contributed by atoms with E-state index in [1.54, 1.807) is 13.1 Å². The van der Waals surface area contributed by atoms with E-state index in [9.17, 15) is 8.42 Å². The molecule has 2 rings (SSSR count). The zero-order valence-corrected chi connectivity index (χ0v) is 12.7. The van der Waals surface area contributed by atoms with Crippen LogP contribution in [0.2, 0.25) is 4.34 Å². The number of sulfonamides is 1. The lowest BCUT2D eigenvalue weighted by atomic mass is 10.3. The van der Waals surface area contributed by atoms with Gasteiger partial charge >= 0.3 is 0 Å². The van der Waals surface area contributed by atoms with E-state index in [0.717, 1.165) is 4.88 Å². The number of halogens is 1. The van der Waals surface area contributed by atoms with Gasteiger partial charge in [-0.05, 0) is 25.5 Å². The van der Waals surface area contributed by atoms with Gasteiger partial charge in [0.15, 0.2) is 0 Å². The summed E-state index contributed by atoms with van der Waals surface area (Å²) in [5.74, 6) is 0. The molecule has 7 heteroatoms. The molecule has 102 valence electrons. The third kappa shape index (κ3) is 2.88. The van der Waals surface area contributed by atoms with Gasteiger partial charge in [-0.3, -0.25) is 0 Å². The summed E-state index contributed by atoms with van der Waals surface area (Å²) < 4.78 is 32.1. The van der Waals surface area contributed by atoms with Gasteiger partial charge in [-0.2, -0.15) is 4.31 Å². The molecule has 1 aliphatic heterocycles. The molecule has 1 aromatic rings. The second-order valence-electron chi connectivity index (χ2n) is 4.41. The Labute approximate surface area is 117 Å². The molecule has 18 heavy (non-hydrogen) atoms. The topological polar surface area (TPSA) is 46.6 Å². The molecule has 0 unspecified atom stereocenters. The van der Waals surface area contributed by atoms with E-state index in [-0.39, 0.29) is 6.10 Å². The molecule has 2 atom stereocenters. The first-order valence-corrected chi connectivity index (χ1v) is 8.42. The maximum Gasteiger partial charge on any atom is 0.219 e. The van der Waals surface area contributed by atoms with E-state index in [2.05, 4.69) is 0 Å². The van der Waals surface area contributed by atoms with E-state index >= 15 is 0 Å². The average Bonchev–Trinajstić information content (AvgIpc) is 2.87. The molecule has 0 N–H and O–H groups in total. The van der Waals surface area contributed by atoms with Gasteiger partial charge in [-0.15, -0.1) is 11.3 Å². The molecular formula is C11H16ClNO3S2. The van der Waals surface area contributed by atoms with E-state index in [4.69, 9.17) is 16.3 Å². The Kier molecular flexibility index (Phi) is 4.33. The van der Waals surface area contributed by atoms with Gasteiger partial charge in [-0.25, -0.2) is 8.42 Å². The van der Waals surface area contributed by atoms with Crippen LogP contribution in [0, 0.1) is 0 Å². The minimum absolute atomic E-state index is 0.232. The van der Waals surface area contributed by atoms with Crippen LogP contribution in [0.25, 0.3) is 0 Å². The Bertz CT molecular complexity index is 514. The molecule has 0 amide bonds. The summed E-state index contributed by atoms with van der Waals surface area (Å²) >= 11 is 7.24. The first-order chi connectivity index (χ1) is 8.41. The molecule has 1 aromatic heterocycles. The van der Waals surface area contributed by atoms with Gasteiger partial charge in [0.05, 0.1) is 10.4 Å². The minimum atomic E-state index is -3.30. The first-order valence-electron chi connectivity index (χ1n) is 5.72. The van der Waals surface area contributed by atoms with Crippen LogP contribution in [0.3, 0.4) is 0 Å². The zero-order valence-electron chi connectivity index (χ0n) is 10.3. The summed E-state index contributed by atoms with van der Waals surface area (Å²) in [7, 11) is -1.70. The van der Waals surface area contributed by atoms with Crippen molar-refractivity contribution in [3.63, 3.8) is 0 Å². The number of ether oxygens (including phenoxy) is 1. The van der Waals surface area contributed by atoms with Crippen LogP contribution >= 0.6 is 22.9 Å². The number of hydrogen-bond donors (Lipinski definition) is 0. The summed E-state index contributed by atoms with van der Waals surface area (Å²) in [5, 5.41) is -0.432. The fourth-order valence-electron chi connectivity index (χ4n) is 2.08. The summed E-state index contributed by atoms with van der Waals surface area (Å²) in [6.07, 6.45) is 0.336. The molecule has 4 nitrogen and oxygen atoms in total. The second-order valence-corrected chi connectivity index (χ2v) is 8.47. The molecule has 1 saturated heterocycles. The quantitative estimate of drug-likeness (QED) is 0.857. The normalized spacial score (nSPS) is 24.9. The van der Waals surface area contributed by atoms with Crippen molar-refractivity contribution in [3.8, 4) is 0 Å². The van der Waals surface area contributed by atoms with Crippen LogP contribution in [-0.4, -0.2) is 37.7 Å². The third-order valence-electron chi connectivity index (χ3n) is 3.13.